The number of hydrogen-bond donors (Lipinski definition) is 0. The van der Waals surface area contributed by atoms with E-state index in [0.717, 1.165) is 6.20 Å². The lowest BCUT2D eigenvalue weighted by atomic mass is 10.3. The van der Waals surface area contributed by atoms with Gasteiger partial charge in [-0.25, -0.2) is 4.98 Å². The second-order valence-corrected chi connectivity index (χ2v) is 4.84. The molecule has 0 aliphatic rings. The van der Waals surface area contributed by atoms with Crippen LogP contribution in [0.4, 0.5) is 8.78 Å². The summed E-state index contributed by atoms with van der Waals surface area (Å²) in [5, 5.41) is 0.502. The van der Waals surface area contributed by atoms with Gasteiger partial charge in [0.05, 0.1) is 16.9 Å². The minimum absolute atomic E-state index is 0.0905. The molecule has 2 rings (SSSR count). The fraction of sp³-hybridized carbons (Fsp3) is 0.167. The Bertz CT molecular complexity index is 584. The first-order chi connectivity index (χ1) is 9.54. The summed E-state index contributed by atoms with van der Waals surface area (Å²) in [6.45, 7) is -2.86. The van der Waals surface area contributed by atoms with Gasteiger partial charge < -0.3 is 9.47 Å². The molecule has 8 heteroatoms. The summed E-state index contributed by atoms with van der Waals surface area (Å²) in [4.78, 5) is 7.84. The first-order valence-electron chi connectivity index (χ1n) is 5.38. The van der Waals surface area contributed by atoms with Crippen LogP contribution in [0.15, 0.2) is 35.2 Å². The molecule has 0 aliphatic carbocycles. The zero-order chi connectivity index (χ0) is 14.5. The highest BCUT2D eigenvalue weighted by molar-refractivity contribution is 9.10. The molecule has 0 bridgehead atoms. The zero-order valence-electron chi connectivity index (χ0n) is 9.89. The molecule has 0 radical (unpaired) electrons. The molecule has 0 saturated heterocycles. The number of halogens is 4. The third-order valence-corrected chi connectivity index (χ3v) is 2.84. The fourth-order valence-corrected chi connectivity index (χ4v) is 1.76. The van der Waals surface area contributed by atoms with Crippen LogP contribution in [0.5, 0.6) is 11.5 Å². The van der Waals surface area contributed by atoms with Gasteiger partial charge >= 0.3 is 6.61 Å². The summed E-state index contributed by atoms with van der Waals surface area (Å²) in [5.41, 5.74) is 0.602. The fourth-order valence-electron chi connectivity index (χ4n) is 1.34. The van der Waals surface area contributed by atoms with E-state index in [9.17, 15) is 8.78 Å². The van der Waals surface area contributed by atoms with E-state index in [2.05, 4.69) is 30.6 Å². The lowest BCUT2D eigenvalue weighted by Gasteiger charge is -2.11. The SMILES string of the molecule is FC(F)Oc1cnc(Br)cc1OCc1ccc(Cl)cn1. The Morgan fingerprint density at radius 2 is 2.00 bits per heavy atom. The monoisotopic (exact) mass is 364 g/mol. The van der Waals surface area contributed by atoms with Crippen molar-refractivity contribution in [2.24, 2.45) is 0 Å². The molecule has 0 aromatic carbocycles. The quantitative estimate of drug-likeness (QED) is 0.749. The number of ether oxygens (including phenoxy) is 2. The molecule has 0 saturated carbocycles. The maximum Gasteiger partial charge on any atom is 0.387 e. The van der Waals surface area contributed by atoms with Crippen molar-refractivity contribution in [1.29, 1.82) is 0 Å². The average Bonchev–Trinajstić information content (AvgIpc) is 2.40. The van der Waals surface area contributed by atoms with Gasteiger partial charge in [0.2, 0.25) is 0 Å². The topological polar surface area (TPSA) is 44.2 Å². The van der Waals surface area contributed by atoms with Gasteiger partial charge in [0.15, 0.2) is 11.5 Å². The summed E-state index contributed by atoms with van der Waals surface area (Å²) in [6.07, 6.45) is 2.63. The van der Waals surface area contributed by atoms with Crippen molar-refractivity contribution in [3.8, 4) is 11.5 Å². The standard InChI is InChI=1S/C12H8BrClF2N2O2/c13-11-3-9(10(5-18-11)20-12(15)16)19-6-8-2-1-7(14)4-17-8/h1-5,12H,6H2. The molecule has 2 heterocycles. The summed E-state index contributed by atoms with van der Waals surface area (Å²) in [5.74, 6) is 0.00101. The van der Waals surface area contributed by atoms with Gasteiger partial charge in [0.25, 0.3) is 0 Å². The van der Waals surface area contributed by atoms with Gasteiger partial charge in [-0.05, 0) is 28.1 Å². The number of pyridine rings is 2. The van der Waals surface area contributed by atoms with Gasteiger partial charge in [-0.15, -0.1) is 0 Å². The molecule has 0 fully saturated rings. The summed E-state index contributed by atoms with van der Waals surface area (Å²) >= 11 is 8.84. The van der Waals surface area contributed by atoms with E-state index in [-0.39, 0.29) is 18.1 Å². The Morgan fingerprint density at radius 1 is 1.20 bits per heavy atom. The van der Waals surface area contributed by atoms with Gasteiger partial charge in [-0.2, -0.15) is 8.78 Å². The van der Waals surface area contributed by atoms with Crippen LogP contribution in [-0.4, -0.2) is 16.6 Å². The Hall–Kier alpha value is -1.47. The minimum atomic E-state index is -2.95. The van der Waals surface area contributed by atoms with Crippen LogP contribution in [0.1, 0.15) is 5.69 Å². The van der Waals surface area contributed by atoms with Crippen LogP contribution in [-0.2, 0) is 6.61 Å². The number of nitrogens with zero attached hydrogens (tertiary/aromatic N) is 2. The second kappa shape index (κ2) is 6.81. The van der Waals surface area contributed by atoms with E-state index in [0.29, 0.717) is 15.3 Å². The first kappa shape index (κ1) is 14.9. The van der Waals surface area contributed by atoms with Crippen LogP contribution < -0.4 is 9.47 Å². The Kier molecular flexibility index (Phi) is 5.08. The Labute approximate surface area is 126 Å². The average molecular weight is 366 g/mol. The van der Waals surface area contributed by atoms with Crippen molar-refractivity contribution in [1.82, 2.24) is 9.97 Å². The minimum Gasteiger partial charge on any atom is -0.483 e. The van der Waals surface area contributed by atoms with Crippen LogP contribution >= 0.6 is 27.5 Å². The lowest BCUT2D eigenvalue weighted by Crippen LogP contribution is -2.05. The molecular weight excluding hydrogens is 357 g/mol. The van der Waals surface area contributed by atoms with E-state index >= 15 is 0 Å². The third-order valence-electron chi connectivity index (χ3n) is 2.18. The number of aromatic nitrogens is 2. The first-order valence-corrected chi connectivity index (χ1v) is 6.55. The van der Waals surface area contributed by atoms with Crippen molar-refractivity contribution >= 4 is 27.5 Å². The lowest BCUT2D eigenvalue weighted by molar-refractivity contribution is -0.0518. The molecule has 0 N–H and O–H groups in total. The van der Waals surface area contributed by atoms with E-state index in [1.165, 1.54) is 12.3 Å². The summed E-state index contributed by atoms with van der Waals surface area (Å²) in [6, 6.07) is 4.77. The van der Waals surface area contributed by atoms with E-state index in [4.69, 9.17) is 16.3 Å². The second-order valence-electron chi connectivity index (χ2n) is 3.59. The van der Waals surface area contributed by atoms with E-state index in [1.54, 1.807) is 12.1 Å². The van der Waals surface area contributed by atoms with Crippen molar-refractivity contribution in [3.63, 3.8) is 0 Å². The molecule has 2 aromatic rings. The normalized spacial score (nSPS) is 10.7. The molecule has 0 spiro atoms. The largest absolute Gasteiger partial charge is 0.483 e. The van der Waals surface area contributed by atoms with Gasteiger partial charge in [0.1, 0.15) is 11.2 Å². The molecule has 0 amide bonds. The Balaban J connectivity index is 2.11. The number of rotatable bonds is 5. The highest BCUT2D eigenvalue weighted by Crippen LogP contribution is 2.30. The van der Waals surface area contributed by atoms with Crippen LogP contribution in [0, 0.1) is 0 Å². The molecule has 0 atom stereocenters. The van der Waals surface area contributed by atoms with Gasteiger partial charge in [0, 0.05) is 12.3 Å². The Morgan fingerprint density at radius 3 is 2.65 bits per heavy atom. The molecule has 20 heavy (non-hydrogen) atoms. The van der Waals surface area contributed by atoms with E-state index < -0.39 is 6.61 Å². The predicted molar refractivity (Wildman–Crippen MR) is 72.1 cm³/mol. The highest BCUT2D eigenvalue weighted by Gasteiger charge is 2.12. The molecule has 2 aromatic heterocycles. The van der Waals surface area contributed by atoms with Gasteiger partial charge in [-0.3, -0.25) is 4.98 Å². The zero-order valence-corrected chi connectivity index (χ0v) is 12.2. The third kappa shape index (κ3) is 4.28. The summed E-state index contributed by atoms with van der Waals surface area (Å²) in [7, 11) is 0. The molecule has 4 nitrogen and oxygen atoms in total. The van der Waals surface area contributed by atoms with Crippen LogP contribution in [0.2, 0.25) is 5.02 Å². The van der Waals surface area contributed by atoms with E-state index in [1.807, 2.05) is 0 Å². The van der Waals surface area contributed by atoms with Crippen molar-refractivity contribution in [2.45, 2.75) is 13.2 Å². The maximum atomic E-state index is 12.3. The smallest absolute Gasteiger partial charge is 0.387 e. The highest BCUT2D eigenvalue weighted by atomic mass is 79.9. The van der Waals surface area contributed by atoms with Crippen LogP contribution in [0.3, 0.4) is 0 Å². The molecule has 106 valence electrons. The van der Waals surface area contributed by atoms with Crippen molar-refractivity contribution in [3.05, 3.63) is 45.9 Å². The molecule has 0 aliphatic heterocycles. The molecule has 0 unspecified atom stereocenters. The maximum absolute atomic E-state index is 12.3. The molecular formula is C12H8BrClF2N2O2. The van der Waals surface area contributed by atoms with Gasteiger partial charge in [-0.1, -0.05) is 11.6 Å². The van der Waals surface area contributed by atoms with Crippen molar-refractivity contribution in [2.75, 3.05) is 0 Å². The summed E-state index contributed by atoms with van der Waals surface area (Å²) < 4.78 is 34.7. The number of alkyl halides is 2. The number of hydrogen-bond acceptors (Lipinski definition) is 4. The predicted octanol–water partition coefficient (Wildman–Crippen LogP) is 4.07. The van der Waals surface area contributed by atoms with Crippen LogP contribution in [0.25, 0.3) is 0 Å². The van der Waals surface area contributed by atoms with Crippen molar-refractivity contribution < 1.29 is 18.3 Å².